The third kappa shape index (κ3) is 8.85. The van der Waals surface area contributed by atoms with E-state index >= 15 is 0 Å². The number of carbonyl (C=O) groups excluding carboxylic acids is 1. The Labute approximate surface area is 232 Å². The fourth-order valence-corrected chi connectivity index (χ4v) is 6.09. The molecule has 0 spiro atoms. The predicted octanol–water partition coefficient (Wildman–Crippen LogP) is 4.66. The molecule has 4 fully saturated rings. The zero-order valence-corrected chi connectivity index (χ0v) is 23.1. The van der Waals surface area contributed by atoms with Gasteiger partial charge in [-0.05, 0) is 94.5 Å². The number of carboxylic acid groups (broad SMARTS) is 2. The first-order valence-corrected chi connectivity index (χ1v) is 14.9. The van der Waals surface area contributed by atoms with Crippen LogP contribution in [0.5, 0.6) is 5.75 Å². The molecule has 5 rings (SSSR count). The quantitative estimate of drug-likeness (QED) is 0.326. The van der Waals surface area contributed by atoms with Crippen molar-refractivity contribution in [2.45, 2.75) is 82.6 Å². The molecule has 2 heterocycles. The number of likely N-dealkylation sites (tertiary alicyclic amines) is 1. The number of nitrogens with zero attached hydrogens (tertiary/aromatic N) is 3. The highest BCUT2D eigenvalue weighted by atomic mass is 16.5. The minimum Gasteiger partial charge on any atom is -0.493 e. The second kappa shape index (κ2) is 14.5. The van der Waals surface area contributed by atoms with Crippen molar-refractivity contribution in [1.82, 2.24) is 14.7 Å². The summed E-state index contributed by atoms with van der Waals surface area (Å²) in [5.74, 6) is -1.10. The van der Waals surface area contributed by atoms with Crippen LogP contribution in [0.4, 0.5) is 4.79 Å². The Morgan fingerprint density at radius 1 is 0.821 bits per heavy atom. The number of ether oxygens (including phenoxy) is 1. The molecule has 0 bridgehead atoms. The highest BCUT2D eigenvalue weighted by molar-refractivity contribution is 6.27. The number of hydrogen-bond acceptors (Lipinski definition) is 5. The van der Waals surface area contributed by atoms with Gasteiger partial charge in [0.1, 0.15) is 5.75 Å². The summed E-state index contributed by atoms with van der Waals surface area (Å²) in [6.45, 7) is 7.24. The van der Waals surface area contributed by atoms with E-state index in [4.69, 9.17) is 24.5 Å². The van der Waals surface area contributed by atoms with E-state index in [1.54, 1.807) is 0 Å². The number of benzene rings is 1. The Hall–Kier alpha value is -2.81. The number of carbonyl (C=O) groups is 3. The summed E-state index contributed by atoms with van der Waals surface area (Å²) in [6.07, 6.45) is 13.8. The first kappa shape index (κ1) is 29.2. The predicted molar refractivity (Wildman–Crippen MR) is 148 cm³/mol. The van der Waals surface area contributed by atoms with Gasteiger partial charge in [-0.2, -0.15) is 0 Å². The zero-order valence-electron chi connectivity index (χ0n) is 23.1. The fraction of sp³-hybridized carbons (Fsp3) is 0.700. The number of aliphatic carboxylic acids is 2. The third-order valence-corrected chi connectivity index (χ3v) is 8.60. The van der Waals surface area contributed by atoms with E-state index in [-0.39, 0.29) is 0 Å². The summed E-state index contributed by atoms with van der Waals surface area (Å²) in [7, 11) is 0. The highest BCUT2D eigenvalue weighted by Gasteiger charge is 2.33. The lowest BCUT2D eigenvalue weighted by atomic mass is 9.88. The Balaban J connectivity index is 0.000000531. The molecule has 9 nitrogen and oxygen atoms in total. The van der Waals surface area contributed by atoms with Crippen LogP contribution in [0, 0.1) is 5.92 Å². The SMILES string of the molecule is O=C(O)C(=O)O.O=C1N(CCCCN2CCC(c3ccccc3OCC3CC3)CC2)CCN1C1CCCCC1. The lowest BCUT2D eigenvalue weighted by Crippen LogP contribution is -2.40. The van der Waals surface area contributed by atoms with E-state index in [1.165, 1.54) is 89.4 Å². The number of urea groups is 1. The molecule has 0 unspecified atom stereocenters. The third-order valence-electron chi connectivity index (χ3n) is 8.60. The number of hydrogen-bond donors (Lipinski definition) is 2. The highest BCUT2D eigenvalue weighted by Crippen LogP contribution is 2.36. The van der Waals surface area contributed by atoms with E-state index < -0.39 is 11.9 Å². The van der Waals surface area contributed by atoms with Crippen LogP contribution >= 0.6 is 0 Å². The molecule has 0 radical (unpaired) electrons. The molecule has 0 atom stereocenters. The number of para-hydroxylation sites is 1. The molecule has 2 N–H and O–H groups in total. The molecule has 2 aliphatic heterocycles. The normalized spacial score (nSPS) is 21.0. The van der Waals surface area contributed by atoms with E-state index in [1.807, 2.05) is 0 Å². The minimum atomic E-state index is -1.82. The van der Waals surface area contributed by atoms with Crippen molar-refractivity contribution in [2.24, 2.45) is 5.92 Å². The van der Waals surface area contributed by atoms with E-state index in [2.05, 4.69) is 39.0 Å². The molecule has 2 saturated carbocycles. The number of piperidine rings is 1. The van der Waals surface area contributed by atoms with Crippen LogP contribution < -0.4 is 4.74 Å². The lowest BCUT2D eigenvalue weighted by Gasteiger charge is -2.33. The summed E-state index contributed by atoms with van der Waals surface area (Å²) in [4.78, 5) is 37.9. The van der Waals surface area contributed by atoms with Gasteiger partial charge in [0.05, 0.1) is 6.61 Å². The van der Waals surface area contributed by atoms with Crippen molar-refractivity contribution in [3.63, 3.8) is 0 Å². The first-order chi connectivity index (χ1) is 18.9. The number of carboxylic acids is 2. The largest absolute Gasteiger partial charge is 0.493 e. The standard InChI is InChI=1S/C28H43N3O2.C2H2O4/c32-28-30(20-21-31(28)25-8-2-1-3-9-25)17-7-6-16-29-18-14-24(15-19-29)26-10-4-5-11-27(26)33-22-23-12-13-23;3-1(4)2(5)6/h4-5,10-11,23-25H,1-3,6-9,12-22H2;(H,3,4)(H,5,6). The Kier molecular flexibility index (Phi) is 10.9. The maximum Gasteiger partial charge on any atom is 0.414 e. The average Bonchev–Trinajstić information content (AvgIpc) is 3.72. The van der Waals surface area contributed by atoms with Gasteiger partial charge >= 0.3 is 18.0 Å². The molecule has 2 amide bonds. The van der Waals surface area contributed by atoms with Crippen molar-refractivity contribution in [1.29, 1.82) is 0 Å². The van der Waals surface area contributed by atoms with Gasteiger partial charge in [0.25, 0.3) is 0 Å². The molecule has 4 aliphatic rings. The maximum absolute atomic E-state index is 12.8. The number of rotatable bonds is 10. The molecule has 216 valence electrons. The molecule has 2 saturated heterocycles. The van der Waals surface area contributed by atoms with Crippen LogP contribution in [0.1, 0.15) is 82.1 Å². The topological polar surface area (TPSA) is 111 Å². The van der Waals surface area contributed by atoms with Gasteiger partial charge in [-0.1, -0.05) is 37.5 Å². The van der Waals surface area contributed by atoms with Gasteiger partial charge in [0.2, 0.25) is 0 Å². The number of unbranched alkanes of at least 4 members (excludes halogenated alkanes) is 1. The van der Waals surface area contributed by atoms with Crippen LogP contribution in [-0.4, -0.2) is 94.8 Å². The van der Waals surface area contributed by atoms with Crippen molar-refractivity contribution in [3.8, 4) is 5.75 Å². The Morgan fingerprint density at radius 2 is 1.49 bits per heavy atom. The Bertz CT molecular complexity index is 942. The van der Waals surface area contributed by atoms with Gasteiger partial charge < -0.3 is 29.6 Å². The summed E-state index contributed by atoms with van der Waals surface area (Å²) in [5, 5.41) is 14.8. The summed E-state index contributed by atoms with van der Waals surface area (Å²) in [5.41, 5.74) is 1.42. The van der Waals surface area contributed by atoms with Crippen LogP contribution in [0.3, 0.4) is 0 Å². The van der Waals surface area contributed by atoms with E-state index in [0.29, 0.717) is 18.0 Å². The van der Waals surface area contributed by atoms with Gasteiger partial charge in [0, 0.05) is 25.7 Å². The van der Waals surface area contributed by atoms with Crippen molar-refractivity contribution in [3.05, 3.63) is 29.8 Å². The molecule has 9 heteroatoms. The monoisotopic (exact) mass is 543 g/mol. The molecular formula is C30H45N3O6. The second-order valence-electron chi connectivity index (χ2n) is 11.5. The molecule has 1 aromatic rings. The van der Waals surface area contributed by atoms with Crippen molar-refractivity contribution < 1.29 is 29.3 Å². The summed E-state index contributed by atoms with van der Waals surface area (Å²) >= 11 is 0. The Morgan fingerprint density at radius 3 is 2.15 bits per heavy atom. The average molecular weight is 544 g/mol. The molecule has 0 aromatic heterocycles. The van der Waals surface area contributed by atoms with Gasteiger partial charge in [0.15, 0.2) is 0 Å². The maximum atomic E-state index is 12.8. The van der Waals surface area contributed by atoms with Crippen molar-refractivity contribution >= 4 is 18.0 Å². The van der Waals surface area contributed by atoms with Crippen molar-refractivity contribution in [2.75, 3.05) is 45.9 Å². The fourth-order valence-electron chi connectivity index (χ4n) is 6.09. The van der Waals surface area contributed by atoms with Crippen LogP contribution in [0.25, 0.3) is 0 Å². The van der Waals surface area contributed by atoms with E-state index in [9.17, 15) is 4.79 Å². The first-order valence-electron chi connectivity index (χ1n) is 14.9. The van der Waals surface area contributed by atoms with Gasteiger partial charge in [-0.25, -0.2) is 14.4 Å². The second-order valence-corrected chi connectivity index (χ2v) is 11.5. The smallest absolute Gasteiger partial charge is 0.414 e. The molecule has 2 aliphatic carbocycles. The molecule has 39 heavy (non-hydrogen) atoms. The zero-order chi connectivity index (χ0) is 27.6. The van der Waals surface area contributed by atoms with Gasteiger partial charge in [-0.3, -0.25) is 0 Å². The van der Waals surface area contributed by atoms with Gasteiger partial charge in [-0.15, -0.1) is 0 Å². The van der Waals surface area contributed by atoms with E-state index in [0.717, 1.165) is 44.3 Å². The summed E-state index contributed by atoms with van der Waals surface area (Å²) in [6, 6.07) is 9.55. The summed E-state index contributed by atoms with van der Waals surface area (Å²) < 4.78 is 6.17. The molecule has 1 aromatic carbocycles. The van der Waals surface area contributed by atoms with Crippen LogP contribution in [0.2, 0.25) is 0 Å². The van der Waals surface area contributed by atoms with Crippen LogP contribution in [-0.2, 0) is 9.59 Å². The lowest BCUT2D eigenvalue weighted by molar-refractivity contribution is -0.159. The number of amides is 2. The van der Waals surface area contributed by atoms with Crippen LogP contribution in [0.15, 0.2) is 24.3 Å². The molecular weight excluding hydrogens is 498 g/mol. The minimum absolute atomic E-state index is 0.310.